The lowest BCUT2D eigenvalue weighted by Crippen LogP contribution is -2.25. The van der Waals surface area contributed by atoms with E-state index in [1.165, 1.54) is 12.1 Å². The zero-order valence-corrected chi connectivity index (χ0v) is 16.6. The molecule has 0 saturated heterocycles. The summed E-state index contributed by atoms with van der Waals surface area (Å²) in [6.45, 7) is 11.6. The maximum Gasteiger partial charge on any atom is 0.416 e. The van der Waals surface area contributed by atoms with Crippen molar-refractivity contribution in [1.29, 1.82) is 0 Å². The second kappa shape index (κ2) is 8.99. The van der Waals surface area contributed by atoms with Gasteiger partial charge in [0.25, 0.3) is 0 Å². The highest BCUT2D eigenvalue weighted by molar-refractivity contribution is 5.59. The molecule has 0 saturated carbocycles. The van der Waals surface area contributed by atoms with E-state index < -0.39 is 11.7 Å². The van der Waals surface area contributed by atoms with Gasteiger partial charge in [-0.2, -0.15) is 24.7 Å². The Kier molecular flexibility index (Phi) is 6.40. The maximum absolute atomic E-state index is 12.8. The third kappa shape index (κ3) is 5.17. The van der Waals surface area contributed by atoms with Gasteiger partial charge in [0.05, 0.1) is 18.2 Å². The minimum atomic E-state index is -4.35. The molecular formula is C22H21F3N4O. The summed E-state index contributed by atoms with van der Waals surface area (Å²) in [6, 6.07) is 12.6. The molecule has 0 aliphatic heterocycles. The van der Waals surface area contributed by atoms with Gasteiger partial charge in [0.15, 0.2) is 0 Å². The molecule has 0 N–H and O–H groups in total. The topological polar surface area (TPSA) is 46.5 Å². The first-order chi connectivity index (χ1) is 14.3. The second-order valence-electron chi connectivity index (χ2n) is 7.14. The Morgan fingerprint density at radius 2 is 1.77 bits per heavy atom. The van der Waals surface area contributed by atoms with Crippen molar-refractivity contribution < 1.29 is 17.6 Å². The molecule has 1 heterocycles. The standard InChI is InChI=1S/C22H21F3N4O/c1-15(2)29(26-3)13-12-20-27-28-21(30-20)19-7-5-4-6-17(19)14-16-8-10-18(11-9-16)22(23,24)25/h4-11,15H,12-14H2,1-2H3. The normalized spacial score (nSPS) is 11.5. The van der Waals surface area contributed by atoms with Crippen LogP contribution in [0.15, 0.2) is 52.9 Å². The number of benzene rings is 2. The largest absolute Gasteiger partial charge is 0.421 e. The van der Waals surface area contributed by atoms with Crippen LogP contribution in [0.25, 0.3) is 16.4 Å². The Morgan fingerprint density at radius 1 is 1.07 bits per heavy atom. The van der Waals surface area contributed by atoms with Gasteiger partial charge in [0, 0.05) is 12.0 Å². The van der Waals surface area contributed by atoms with Crippen LogP contribution in [-0.2, 0) is 19.0 Å². The van der Waals surface area contributed by atoms with Crippen LogP contribution in [-0.4, -0.2) is 27.8 Å². The number of halogens is 3. The summed E-state index contributed by atoms with van der Waals surface area (Å²) >= 11 is 0. The Morgan fingerprint density at radius 3 is 2.40 bits per heavy atom. The van der Waals surface area contributed by atoms with E-state index in [4.69, 9.17) is 11.0 Å². The Hall–Kier alpha value is -3.34. The summed E-state index contributed by atoms with van der Waals surface area (Å²) in [5.41, 5.74) is 1.69. The molecule has 0 radical (unpaired) electrons. The Balaban J connectivity index is 1.76. The van der Waals surface area contributed by atoms with Crippen molar-refractivity contribution in [2.24, 2.45) is 0 Å². The molecule has 30 heavy (non-hydrogen) atoms. The highest BCUT2D eigenvalue weighted by atomic mass is 19.4. The zero-order chi connectivity index (χ0) is 21.7. The molecule has 3 rings (SSSR count). The van der Waals surface area contributed by atoms with E-state index >= 15 is 0 Å². The van der Waals surface area contributed by atoms with Crippen LogP contribution in [0.4, 0.5) is 13.2 Å². The van der Waals surface area contributed by atoms with Crippen molar-refractivity contribution in [3.8, 4) is 11.5 Å². The summed E-state index contributed by atoms with van der Waals surface area (Å²) < 4.78 is 44.1. The first-order valence-corrected chi connectivity index (χ1v) is 9.48. The zero-order valence-electron chi connectivity index (χ0n) is 16.6. The lowest BCUT2D eigenvalue weighted by atomic mass is 9.99. The van der Waals surface area contributed by atoms with Crippen LogP contribution in [0, 0.1) is 6.57 Å². The summed E-state index contributed by atoms with van der Waals surface area (Å²) in [5.74, 6) is 0.787. The molecule has 0 fully saturated rings. The minimum absolute atomic E-state index is 0.0920. The van der Waals surface area contributed by atoms with Gasteiger partial charge >= 0.3 is 6.18 Å². The van der Waals surface area contributed by atoms with Crippen LogP contribution >= 0.6 is 0 Å². The van der Waals surface area contributed by atoms with Crippen molar-refractivity contribution >= 4 is 0 Å². The van der Waals surface area contributed by atoms with Gasteiger partial charge < -0.3 is 4.42 Å². The van der Waals surface area contributed by atoms with Gasteiger partial charge in [0.2, 0.25) is 11.8 Å². The fraction of sp³-hybridized carbons (Fsp3) is 0.318. The lowest BCUT2D eigenvalue weighted by Gasteiger charge is -2.12. The minimum Gasteiger partial charge on any atom is -0.421 e. The van der Waals surface area contributed by atoms with Gasteiger partial charge in [-0.15, -0.1) is 15.2 Å². The lowest BCUT2D eigenvalue weighted by molar-refractivity contribution is -0.137. The number of hydrogen-bond acceptors (Lipinski definition) is 4. The molecule has 0 amide bonds. The summed E-state index contributed by atoms with van der Waals surface area (Å²) in [7, 11) is 0. The fourth-order valence-electron chi connectivity index (χ4n) is 3.01. The summed E-state index contributed by atoms with van der Waals surface area (Å²) in [4.78, 5) is 3.47. The van der Waals surface area contributed by atoms with Crippen molar-refractivity contribution in [3.05, 3.63) is 82.6 Å². The summed E-state index contributed by atoms with van der Waals surface area (Å²) in [5, 5.41) is 9.81. The molecule has 3 aromatic rings. The quantitative estimate of drug-likeness (QED) is 0.382. The molecule has 0 aliphatic carbocycles. The SMILES string of the molecule is [C-]#[N+]N(CCc1nnc(-c2ccccc2Cc2ccc(C(F)(F)F)cc2)o1)C(C)C. The third-order valence-corrected chi connectivity index (χ3v) is 4.67. The number of hydrogen-bond donors (Lipinski definition) is 0. The first-order valence-electron chi connectivity index (χ1n) is 9.48. The van der Waals surface area contributed by atoms with E-state index in [0.717, 1.165) is 28.8 Å². The van der Waals surface area contributed by atoms with Crippen molar-refractivity contribution in [1.82, 2.24) is 15.2 Å². The van der Waals surface area contributed by atoms with E-state index in [0.29, 0.717) is 31.2 Å². The molecule has 8 heteroatoms. The van der Waals surface area contributed by atoms with Crippen LogP contribution < -0.4 is 0 Å². The van der Waals surface area contributed by atoms with Crippen molar-refractivity contribution in [2.45, 2.75) is 38.9 Å². The molecule has 156 valence electrons. The fourth-order valence-corrected chi connectivity index (χ4v) is 3.01. The van der Waals surface area contributed by atoms with E-state index in [1.54, 1.807) is 5.01 Å². The monoisotopic (exact) mass is 414 g/mol. The van der Waals surface area contributed by atoms with Gasteiger partial charge in [-0.25, -0.2) is 0 Å². The van der Waals surface area contributed by atoms with Gasteiger partial charge in [-0.3, -0.25) is 0 Å². The molecule has 0 bridgehead atoms. The maximum atomic E-state index is 12.8. The predicted octanol–water partition coefficient (Wildman–Crippen LogP) is 5.43. The van der Waals surface area contributed by atoms with Gasteiger partial charge in [-0.1, -0.05) is 30.3 Å². The number of alkyl halides is 3. The molecule has 5 nitrogen and oxygen atoms in total. The molecule has 0 aliphatic rings. The number of nitrogens with zero attached hydrogens (tertiary/aromatic N) is 4. The van der Waals surface area contributed by atoms with Gasteiger partial charge in [-0.05, 0) is 49.6 Å². The summed E-state index contributed by atoms with van der Waals surface area (Å²) in [6.07, 6.45) is -3.46. The van der Waals surface area contributed by atoms with Crippen LogP contribution in [0.2, 0.25) is 0 Å². The molecule has 0 unspecified atom stereocenters. The van der Waals surface area contributed by atoms with E-state index in [9.17, 15) is 13.2 Å². The number of rotatable bonds is 7. The number of aromatic nitrogens is 2. The predicted molar refractivity (Wildman–Crippen MR) is 106 cm³/mol. The van der Waals surface area contributed by atoms with Crippen molar-refractivity contribution in [2.75, 3.05) is 6.54 Å². The van der Waals surface area contributed by atoms with E-state index in [2.05, 4.69) is 15.2 Å². The molecule has 0 atom stereocenters. The first kappa shape index (κ1) is 21.4. The molecule has 2 aromatic carbocycles. The van der Waals surface area contributed by atoms with Crippen LogP contribution in [0.1, 0.15) is 36.4 Å². The highest BCUT2D eigenvalue weighted by Crippen LogP contribution is 2.30. The van der Waals surface area contributed by atoms with Crippen LogP contribution in [0.3, 0.4) is 0 Å². The molecule has 1 aromatic heterocycles. The Labute approximate surface area is 172 Å². The molecule has 0 spiro atoms. The van der Waals surface area contributed by atoms with E-state index in [1.807, 2.05) is 38.1 Å². The average Bonchev–Trinajstić information content (AvgIpc) is 3.17. The van der Waals surface area contributed by atoms with Crippen LogP contribution in [0.5, 0.6) is 0 Å². The average molecular weight is 414 g/mol. The van der Waals surface area contributed by atoms with E-state index in [-0.39, 0.29) is 6.04 Å². The highest BCUT2D eigenvalue weighted by Gasteiger charge is 2.30. The second-order valence-corrected chi connectivity index (χ2v) is 7.14. The molecular weight excluding hydrogens is 393 g/mol. The third-order valence-electron chi connectivity index (χ3n) is 4.67. The smallest absolute Gasteiger partial charge is 0.416 e. The van der Waals surface area contributed by atoms with Gasteiger partial charge in [0.1, 0.15) is 0 Å². The van der Waals surface area contributed by atoms with Crippen molar-refractivity contribution in [3.63, 3.8) is 0 Å². The Bertz CT molecular complexity index is 1020.